The Labute approximate surface area is 150 Å². The number of fused-ring (bicyclic) bond motifs is 1. The zero-order valence-corrected chi connectivity index (χ0v) is 16.6. The summed E-state index contributed by atoms with van der Waals surface area (Å²) in [6, 6.07) is 15.6. The maximum absolute atomic E-state index is 13.2. The molecule has 1 heterocycles. The molecule has 0 aliphatic carbocycles. The summed E-state index contributed by atoms with van der Waals surface area (Å²) in [6.45, 7) is 9.13. The zero-order valence-electron chi connectivity index (χ0n) is 15.6. The van der Waals surface area contributed by atoms with E-state index in [0.717, 1.165) is 34.1 Å². The van der Waals surface area contributed by atoms with Crippen LogP contribution < -0.4 is 4.74 Å². The van der Waals surface area contributed by atoms with Crippen molar-refractivity contribution in [2.45, 2.75) is 32.7 Å². The van der Waals surface area contributed by atoms with Gasteiger partial charge in [0.2, 0.25) is 0 Å². The topological polar surface area (TPSA) is 31.2 Å². The molecule has 3 aromatic rings. The molecule has 4 heteroatoms. The SMILES string of the molecule is COc1ccc(C(=O)c2c(C)n(C[Si](C)(C)C)c3ccccc23)cc1. The first-order valence-corrected chi connectivity index (χ1v) is 12.3. The third kappa shape index (κ3) is 3.40. The van der Waals surface area contributed by atoms with E-state index in [9.17, 15) is 4.79 Å². The maximum Gasteiger partial charge on any atom is 0.195 e. The molecule has 0 radical (unpaired) electrons. The Bertz CT molecular complexity index is 917. The van der Waals surface area contributed by atoms with Gasteiger partial charge in [-0.1, -0.05) is 37.8 Å². The van der Waals surface area contributed by atoms with Gasteiger partial charge in [0.25, 0.3) is 0 Å². The lowest BCUT2D eigenvalue weighted by Crippen LogP contribution is -2.28. The van der Waals surface area contributed by atoms with Gasteiger partial charge in [0, 0.05) is 28.3 Å². The van der Waals surface area contributed by atoms with Gasteiger partial charge in [-0.15, -0.1) is 0 Å². The first-order valence-electron chi connectivity index (χ1n) is 8.58. The molecule has 1 aromatic heterocycles. The Morgan fingerprint density at radius 2 is 1.68 bits per heavy atom. The fourth-order valence-corrected chi connectivity index (χ4v) is 4.64. The second-order valence-electron chi connectivity index (χ2n) is 7.68. The summed E-state index contributed by atoms with van der Waals surface area (Å²) in [6.07, 6.45) is 1.01. The number of hydrogen-bond acceptors (Lipinski definition) is 2. The molecule has 0 N–H and O–H groups in total. The van der Waals surface area contributed by atoms with Gasteiger partial charge in [0.15, 0.2) is 5.78 Å². The van der Waals surface area contributed by atoms with Crippen molar-refractivity contribution in [1.29, 1.82) is 0 Å². The van der Waals surface area contributed by atoms with Gasteiger partial charge in [0.1, 0.15) is 5.75 Å². The number of carbonyl (C=O) groups is 1. The highest BCUT2D eigenvalue weighted by molar-refractivity contribution is 6.75. The van der Waals surface area contributed by atoms with Gasteiger partial charge in [-0.3, -0.25) is 4.79 Å². The van der Waals surface area contributed by atoms with Crippen molar-refractivity contribution >= 4 is 24.8 Å². The average Bonchev–Trinajstić information content (AvgIpc) is 2.85. The van der Waals surface area contributed by atoms with Crippen LogP contribution in [0.25, 0.3) is 10.9 Å². The molecule has 3 rings (SSSR count). The lowest BCUT2D eigenvalue weighted by molar-refractivity contribution is 0.103. The highest BCUT2D eigenvalue weighted by atomic mass is 28.3. The first kappa shape index (κ1) is 17.5. The summed E-state index contributed by atoms with van der Waals surface area (Å²) >= 11 is 0. The molecule has 0 saturated heterocycles. The number of para-hydroxylation sites is 1. The number of hydrogen-bond donors (Lipinski definition) is 0. The predicted octanol–water partition coefficient (Wildman–Crippen LogP) is 5.07. The van der Waals surface area contributed by atoms with Crippen molar-refractivity contribution in [2.24, 2.45) is 0 Å². The van der Waals surface area contributed by atoms with E-state index in [1.165, 1.54) is 0 Å². The molecule has 0 aliphatic heterocycles. The average molecular weight is 352 g/mol. The minimum atomic E-state index is -1.32. The van der Waals surface area contributed by atoms with Gasteiger partial charge < -0.3 is 9.30 Å². The normalized spacial score (nSPS) is 11.7. The molecule has 25 heavy (non-hydrogen) atoms. The van der Waals surface area contributed by atoms with E-state index < -0.39 is 8.07 Å². The molecule has 2 aromatic carbocycles. The number of benzene rings is 2. The van der Waals surface area contributed by atoms with E-state index in [2.05, 4.69) is 43.3 Å². The Morgan fingerprint density at radius 3 is 2.28 bits per heavy atom. The minimum absolute atomic E-state index is 0.0747. The lowest BCUT2D eigenvalue weighted by atomic mass is 10.0. The number of ether oxygens (including phenoxy) is 1. The van der Waals surface area contributed by atoms with Crippen LogP contribution in [0.5, 0.6) is 5.75 Å². The molecule has 0 unspecified atom stereocenters. The Balaban J connectivity index is 2.15. The van der Waals surface area contributed by atoms with E-state index in [1.807, 2.05) is 36.4 Å². The number of rotatable bonds is 5. The zero-order chi connectivity index (χ0) is 18.2. The summed E-state index contributed by atoms with van der Waals surface area (Å²) in [5.41, 5.74) is 3.72. The molecule has 0 fully saturated rings. The largest absolute Gasteiger partial charge is 0.497 e. The Kier molecular flexibility index (Phi) is 4.56. The Hall–Kier alpha value is -2.33. The molecule has 0 bridgehead atoms. The summed E-state index contributed by atoms with van der Waals surface area (Å²) in [7, 11) is 0.305. The van der Waals surface area contributed by atoms with E-state index in [1.54, 1.807) is 7.11 Å². The second-order valence-corrected chi connectivity index (χ2v) is 13.1. The van der Waals surface area contributed by atoms with E-state index in [4.69, 9.17) is 4.74 Å². The van der Waals surface area contributed by atoms with Crippen LogP contribution >= 0.6 is 0 Å². The molecular formula is C21H25NO2Si. The number of nitrogens with zero attached hydrogens (tertiary/aromatic N) is 1. The highest BCUT2D eigenvalue weighted by Gasteiger charge is 2.24. The van der Waals surface area contributed by atoms with Crippen molar-refractivity contribution in [3.63, 3.8) is 0 Å². The molecule has 0 spiro atoms. The van der Waals surface area contributed by atoms with Gasteiger partial charge in [-0.2, -0.15) is 0 Å². The quantitative estimate of drug-likeness (QED) is 0.475. The molecule has 0 amide bonds. The molecule has 0 saturated carbocycles. The molecule has 0 aliphatic rings. The number of aromatic nitrogens is 1. The highest BCUT2D eigenvalue weighted by Crippen LogP contribution is 2.29. The van der Waals surface area contributed by atoms with Crippen molar-refractivity contribution in [2.75, 3.05) is 7.11 Å². The summed E-state index contributed by atoms with van der Waals surface area (Å²) in [4.78, 5) is 13.2. The maximum atomic E-state index is 13.2. The van der Waals surface area contributed by atoms with E-state index in [0.29, 0.717) is 5.56 Å². The fraction of sp³-hybridized carbons (Fsp3) is 0.286. The monoisotopic (exact) mass is 351 g/mol. The van der Waals surface area contributed by atoms with Crippen LogP contribution in [0.3, 0.4) is 0 Å². The number of carbonyl (C=O) groups excluding carboxylic acids is 1. The van der Waals surface area contributed by atoms with Gasteiger partial charge >= 0.3 is 0 Å². The third-order valence-electron chi connectivity index (χ3n) is 4.44. The molecule has 3 nitrogen and oxygen atoms in total. The van der Waals surface area contributed by atoms with Crippen LogP contribution in [0.1, 0.15) is 21.6 Å². The summed E-state index contributed by atoms with van der Waals surface area (Å²) < 4.78 is 7.53. The minimum Gasteiger partial charge on any atom is -0.497 e. The predicted molar refractivity (Wildman–Crippen MR) is 106 cm³/mol. The summed E-state index contributed by atoms with van der Waals surface area (Å²) in [5, 5.41) is 1.04. The summed E-state index contributed by atoms with van der Waals surface area (Å²) in [5.74, 6) is 0.833. The standard InChI is InChI=1S/C21H25NO2Si/c1-15-20(21(23)16-10-12-17(24-2)13-11-16)18-8-6-7-9-19(18)22(15)14-25(3,4)5/h6-13H,14H2,1-5H3. The molecular weight excluding hydrogens is 326 g/mol. The lowest BCUT2D eigenvalue weighted by Gasteiger charge is -2.19. The van der Waals surface area contributed by atoms with Crippen LogP contribution in [-0.2, 0) is 6.17 Å². The van der Waals surface area contributed by atoms with Crippen LogP contribution in [0, 0.1) is 6.92 Å². The van der Waals surface area contributed by atoms with Crippen molar-refractivity contribution in [3.05, 3.63) is 65.4 Å². The van der Waals surface area contributed by atoms with Gasteiger partial charge in [0.05, 0.1) is 20.7 Å². The number of methoxy groups -OCH3 is 1. The van der Waals surface area contributed by atoms with Crippen LogP contribution in [0.2, 0.25) is 19.6 Å². The van der Waals surface area contributed by atoms with Gasteiger partial charge in [-0.25, -0.2) is 0 Å². The van der Waals surface area contributed by atoms with E-state index in [-0.39, 0.29) is 5.78 Å². The smallest absolute Gasteiger partial charge is 0.195 e. The van der Waals surface area contributed by atoms with Crippen LogP contribution in [0.15, 0.2) is 48.5 Å². The van der Waals surface area contributed by atoms with Gasteiger partial charge in [-0.05, 0) is 37.3 Å². The van der Waals surface area contributed by atoms with Crippen molar-refractivity contribution in [3.8, 4) is 5.75 Å². The Morgan fingerprint density at radius 1 is 1.04 bits per heavy atom. The fourth-order valence-electron chi connectivity index (χ4n) is 3.28. The molecule has 0 atom stereocenters. The number of ketones is 1. The van der Waals surface area contributed by atoms with Crippen LogP contribution in [-0.4, -0.2) is 25.5 Å². The van der Waals surface area contributed by atoms with Crippen LogP contribution in [0.4, 0.5) is 0 Å². The first-order chi connectivity index (χ1) is 11.8. The van der Waals surface area contributed by atoms with Crippen molar-refractivity contribution < 1.29 is 9.53 Å². The second kappa shape index (κ2) is 6.52. The molecule has 130 valence electrons. The third-order valence-corrected chi connectivity index (χ3v) is 5.71. The van der Waals surface area contributed by atoms with Crippen molar-refractivity contribution in [1.82, 2.24) is 4.57 Å². The van der Waals surface area contributed by atoms with E-state index >= 15 is 0 Å².